The molecule has 78 valence electrons. The number of hydrogen-bond donors (Lipinski definition) is 2. The topological polar surface area (TPSA) is 40.5 Å². The van der Waals surface area contributed by atoms with Crippen LogP contribution < -0.4 is 0 Å². The van der Waals surface area contributed by atoms with Gasteiger partial charge >= 0.3 is 0 Å². The molecule has 1 rings (SSSR count). The van der Waals surface area contributed by atoms with E-state index in [4.69, 9.17) is 16.7 Å². The van der Waals surface area contributed by atoms with Gasteiger partial charge < -0.3 is 10.2 Å². The first-order chi connectivity index (χ1) is 6.57. The van der Waals surface area contributed by atoms with Crippen LogP contribution in [0.2, 0.25) is 5.02 Å². The average molecular weight is 215 g/mol. The van der Waals surface area contributed by atoms with Crippen LogP contribution in [0.15, 0.2) is 6.07 Å². The molecule has 0 aliphatic rings. The zero-order valence-corrected chi connectivity index (χ0v) is 9.23. The van der Waals surface area contributed by atoms with E-state index in [1.54, 1.807) is 0 Å². The molecule has 1 aromatic carbocycles. The molecule has 2 nitrogen and oxygen atoms in total. The second-order valence-electron chi connectivity index (χ2n) is 3.48. The van der Waals surface area contributed by atoms with Gasteiger partial charge in [0.15, 0.2) is 0 Å². The molecule has 14 heavy (non-hydrogen) atoms. The van der Waals surface area contributed by atoms with E-state index in [1.165, 1.54) is 0 Å². The second kappa shape index (κ2) is 4.67. The molecule has 0 spiro atoms. The van der Waals surface area contributed by atoms with Gasteiger partial charge in [-0.05, 0) is 43.4 Å². The Morgan fingerprint density at radius 2 is 1.93 bits per heavy atom. The first-order valence-electron chi connectivity index (χ1n) is 4.66. The highest BCUT2D eigenvalue weighted by molar-refractivity contribution is 6.32. The highest BCUT2D eigenvalue weighted by Crippen LogP contribution is 2.33. The number of phenolic OH excluding ortho intramolecular Hbond substituents is 1. The molecule has 1 aromatic rings. The van der Waals surface area contributed by atoms with Gasteiger partial charge in [-0.25, -0.2) is 0 Å². The van der Waals surface area contributed by atoms with Gasteiger partial charge in [0.1, 0.15) is 5.75 Å². The molecular weight excluding hydrogens is 200 g/mol. The number of aliphatic hydroxyl groups excluding tert-OH is 1. The maximum atomic E-state index is 9.77. The van der Waals surface area contributed by atoms with Crippen molar-refractivity contribution in [2.24, 2.45) is 0 Å². The first-order valence-corrected chi connectivity index (χ1v) is 5.04. The number of phenols is 1. The largest absolute Gasteiger partial charge is 0.506 e. The lowest BCUT2D eigenvalue weighted by Gasteiger charge is -2.11. The van der Waals surface area contributed by atoms with Crippen molar-refractivity contribution in [3.8, 4) is 5.75 Å². The Kier molecular flexibility index (Phi) is 3.78. The minimum atomic E-state index is 0.129. The lowest BCUT2D eigenvalue weighted by atomic mass is 10.0. The standard InChI is InChI=1S/C11H15ClO2/c1-7-6-8(2)10(12)11(14)9(7)4-3-5-13/h6,13-14H,3-5H2,1-2H3. The molecule has 0 amide bonds. The van der Waals surface area contributed by atoms with Crippen molar-refractivity contribution in [1.29, 1.82) is 0 Å². The van der Waals surface area contributed by atoms with Crippen LogP contribution in [0.3, 0.4) is 0 Å². The zero-order chi connectivity index (χ0) is 10.7. The number of rotatable bonds is 3. The number of halogens is 1. The summed E-state index contributed by atoms with van der Waals surface area (Å²) in [7, 11) is 0. The quantitative estimate of drug-likeness (QED) is 0.812. The third-order valence-corrected chi connectivity index (χ3v) is 2.81. The monoisotopic (exact) mass is 214 g/mol. The Balaban J connectivity index is 3.09. The molecular formula is C11H15ClO2. The van der Waals surface area contributed by atoms with Crippen molar-refractivity contribution in [3.63, 3.8) is 0 Å². The van der Waals surface area contributed by atoms with E-state index in [-0.39, 0.29) is 12.4 Å². The van der Waals surface area contributed by atoms with E-state index in [1.807, 2.05) is 19.9 Å². The van der Waals surface area contributed by atoms with Crippen LogP contribution in [0.25, 0.3) is 0 Å². The van der Waals surface area contributed by atoms with Crippen LogP contribution >= 0.6 is 11.6 Å². The molecule has 0 saturated carbocycles. The van der Waals surface area contributed by atoms with Crippen molar-refractivity contribution in [1.82, 2.24) is 0 Å². The Morgan fingerprint density at radius 3 is 2.50 bits per heavy atom. The van der Waals surface area contributed by atoms with Crippen LogP contribution in [-0.4, -0.2) is 16.8 Å². The summed E-state index contributed by atoms with van der Waals surface area (Å²) in [6, 6.07) is 1.95. The van der Waals surface area contributed by atoms with Gasteiger partial charge in [0, 0.05) is 6.61 Å². The predicted octanol–water partition coefficient (Wildman–Crippen LogP) is 2.59. The molecule has 0 saturated heterocycles. The van der Waals surface area contributed by atoms with Crippen molar-refractivity contribution < 1.29 is 10.2 Å². The van der Waals surface area contributed by atoms with E-state index in [0.29, 0.717) is 17.9 Å². The van der Waals surface area contributed by atoms with E-state index in [9.17, 15) is 5.11 Å². The van der Waals surface area contributed by atoms with Crippen molar-refractivity contribution in [3.05, 3.63) is 27.8 Å². The summed E-state index contributed by atoms with van der Waals surface area (Å²) in [6.07, 6.45) is 1.31. The van der Waals surface area contributed by atoms with Gasteiger partial charge in [-0.1, -0.05) is 17.7 Å². The van der Waals surface area contributed by atoms with E-state index < -0.39 is 0 Å². The molecule has 3 heteroatoms. The fourth-order valence-electron chi connectivity index (χ4n) is 1.55. The Labute approximate surface area is 89.1 Å². The number of aliphatic hydroxyl groups is 1. The number of hydrogen-bond acceptors (Lipinski definition) is 2. The molecule has 0 fully saturated rings. The fraction of sp³-hybridized carbons (Fsp3) is 0.455. The SMILES string of the molecule is Cc1cc(C)c(CCCO)c(O)c1Cl. The lowest BCUT2D eigenvalue weighted by molar-refractivity contribution is 0.288. The smallest absolute Gasteiger partial charge is 0.137 e. The van der Waals surface area contributed by atoms with Gasteiger partial charge in [0.25, 0.3) is 0 Å². The number of benzene rings is 1. The molecule has 2 N–H and O–H groups in total. The molecule has 0 atom stereocenters. The molecule has 0 unspecified atom stereocenters. The molecule has 0 radical (unpaired) electrons. The highest BCUT2D eigenvalue weighted by Gasteiger charge is 2.11. The summed E-state index contributed by atoms with van der Waals surface area (Å²) < 4.78 is 0. The summed E-state index contributed by atoms with van der Waals surface area (Å²) in [5, 5.41) is 18.9. The third-order valence-electron chi connectivity index (χ3n) is 2.33. The van der Waals surface area contributed by atoms with Crippen LogP contribution in [-0.2, 0) is 6.42 Å². The number of aromatic hydroxyl groups is 1. The molecule has 0 aromatic heterocycles. The van der Waals surface area contributed by atoms with Gasteiger partial charge in [0.05, 0.1) is 5.02 Å². The Morgan fingerprint density at radius 1 is 1.29 bits per heavy atom. The van der Waals surface area contributed by atoms with E-state index in [0.717, 1.165) is 16.7 Å². The normalized spacial score (nSPS) is 10.6. The Hall–Kier alpha value is -0.730. The maximum absolute atomic E-state index is 9.77. The summed E-state index contributed by atoms with van der Waals surface area (Å²) in [4.78, 5) is 0. The number of aryl methyl sites for hydroxylation is 2. The minimum absolute atomic E-state index is 0.129. The van der Waals surface area contributed by atoms with Crippen molar-refractivity contribution in [2.75, 3.05) is 6.61 Å². The summed E-state index contributed by atoms with van der Waals surface area (Å²) in [5.74, 6) is 0.164. The van der Waals surface area contributed by atoms with Crippen LogP contribution in [0.1, 0.15) is 23.1 Å². The molecule has 0 aliphatic heterocycles. The summed E-state index contributed by atoms with van der Waals surface area (Å²) in [5.41, 5.74) is 2.75. The summed E-state index contributed by atoms with van der Waals surface area (Å²) in [6.45, 7) is 3.94. The molecule has 0 heterocycles. The third kappa shape index (κ3) is 2.20. The van der Waals surface area contributed by atoms with Crippen LogP contribution in [0, 0.1) is 13.8 Å². The minimum Gasteiger partial charge on any atom is -0.506 e. The average Bonchev–Trinajstić information content (AvgIpc) is 2.14. The van der Waals surface area contributed by atoms with Gasteiger partial charge in [-0.2, -0.15) is 0 Å². The second-order valence-corrected chi connectivity index (χ2v) is 3.86. The molecule has 0 aliphatic carbocycles. The van der Waals surface area contributed by atoms with Crippen molar-refractivity contribution >= 4 is 11.6 Å². The van der Waals surface area contributed by atoms with Crippen LogP contribution in [0.5, 0.6) is 5.75 Å². The summed E-state index contributed by atoms with van der Waals surface area (Å²) >= 11 is 5.92. The van der Waals surface area contributed by atoms with E-state index >= 15 is 0 Å². The van der Waals surface area contributed by atoms with E-state index in [2.05, 4.69) is 0 Å². The molecule has 0 bridgehead atoms. The maximum Gasteiger partial charge on any atom is 0.137 e. The lowest BCUT2D eigenvalue weighted by Crippen LogP contribution is -1.95. The van der Waals surface area contributed by atoms with Gasteiger partial charge in [-0.3, -0.25) is 0 Å². The Bertz CT molecular complexity index is 335. The van der Waals surface area contributed by atoms with Gasteiger partial charge in [0.2, 0.25) is 0 Å². The zero-order valence-electron chi connectivity index (χ0n) is 8.47. The van der Waals surface area contributed by atoms with Crippen molar-refractivity contribution in [2.45, 2.75) is 26.7 Å². The van der Waals surface area contributed by atoms with Gasteiger partial charge in [-0.15, -0.1) is 0 Å². The van der Waals surface area contributed by atoms with Crippen LogP contribution in [0.4, 0.5) is 0 Å². The first kappa shape index (κ1) is 11.3. The highest BCUT2D eigenvalue weighted by atomic mass is 35.5. The predicted molar refractivity (Wildman–Crippen MR) is 58.0 cm³/mol. The fourth-order valence-corrected chi connectivity index (χ4v) is 1.72.